The van der Waals surface area contributed by atoms with Gasteiger partial charge in [-0.2, -0.15) is 0 Å². The van der Waals surface area contributed by atoms with Crippen molar-refractivity contribution in [2.24, 2.45) is 0 Å². The van der Waals surface area contributed by atoms with Crippen molar-refractivity contribution in [1.29, 1.82) is 0 Å². The number of aliphatic carboxylic acids is 1. The standard InChI is InChI=1S/C16H21ClN2O3/c1-18(11-15(20)21)14-6-3-8-19(9-7-14)16(22)12-4-2-5-13(17)10-12/h2,4-5,10,14H,3,6-9,11H2,1H3,(H,20,21). The molecule has 1 N–H and O–H groups in total. The van der Waals surface area contributed by atoms with Gasteiger partial charge < -0.3 is 10.0 Å². The number of carbonyl (C=O) groups excluding carboxylic acids is 1. The Labute approximate surface area is 135 Å². The number of benzene rings is 1. The summed E-state index contributed by atoms with van der Waals surface area (Å²) in [5, 5.41) is 9.44. The SMILES string of the molecule is CN(CC(=O)O)C1CCCN(C(=O)c2cccc(Cl)c2)CC1. The Hall–Kier alpha value is -1.59. The van der Waals surface area contributed by atoms with Crippen LogP contribution >= 0.6 is 11.6 Å². The highest BCUT2D eigenvalue weighted by atomic mass is 35.5. The van der Waals surface area contributed by atoms with Gasteiger partial charge in [0, 0.05) is 29.7 Å². The molecule has 0 spiro atoms. The third kappa shape index (κ3) is 4.45. The highest BCUT2D eigenvalue weighted by Crippen LogP contribution is 2.19. The molecule has 0 aliphatic carbocycles. The third-order valence-electron chi connectivity index (χ3n) is 4.06. The average molecular weight is 325 g/mol. The molecule has 0 radical (unpaired) electrons. The molecule has 1 aromatic rings. The zero-order valence-corrected chi connectivity index (χ0v) is 13.4. The predicted octanol–water partition coefficient (Wildman–Crippen LogP) is 2.35. The fourth-order valence-corrected chi connectivity index (χ4v) is 3.06. The highest BCUT2D eigenvalue weighted by molar-refractivity contribution is 6.30. The number of carboxylic acid groups (broad SMARTS) is 1. The van der Waals surface area contributed by atoms with E-state index in [1.807, 2.05) is 16.8 Å². The lowest BCUT2D eigenvalue weighted by Crippen LogP contribution is -2.37. The van der Waals surface area contributed by atoms with E-state index in [-0.39, 0.29) is 18.5 Å². The zero-order chi connectivity index (χ0) is 16.1. The predicted molar refractivity (Wildman–Crippen MR) is 85.3 cm³/mol. The summed E-state index contributed by atoms with van der Waals surface area (Å²) in [6, 6.07) is 7.18. The molecule has 1 aliphatic rings. The minimum atomic E-state index is -0.821. The summed E-state index contributed by atoms with van der Waals surface area (Å²) in [7, 11) is 1.83. The molecule has 0 bridgehead atoms. The zero-order valence-electron chi connectivity index (χ0n) is 12.7. The van der Waals surface area contributed by atoms with Crippen molar-refractivity contribution in [3.8, 4) is 0 Å². The van der Waals surface area contributed by atoms with E-state index < -0.39 is 5.97 Å². The van der Waals surface area contributed by atoms with Crippen molar-refractivity contribution in [3.05, 3.63) is 34.9 Å². The monoisotopic (exact) mass is 324 g/mol. The third-order valence-corrected chi connectivity index (χ3v) is 4.30. The Bertz CT molecular complexity index is 550. The molecule has 1 unspecified atom stereocenters. The number of nitrogens with zero attached hydrogens (tertiary/aromatic N) is 2. The summed E-state index contributed by atoms with van der Waals surface area (Å²) in [4.78, 5) is 27.0. The molecule has 22 heavy (non-hydrogen) atoms. The number of rotatable bonds is 4. The molecule has 1 fully saturated rings. The van der Waals surface area contributed by atoms with E-state index in [0.29, 0.717) is 23.7 Å². The van der Waals surface area contributed by atoms with Crippen molar-refractivity contribution >= 4 is 23.5 Å². The van der Waals surface area contributed by atoms with Crippen LogP contribution in [0.2, 0.25) is 5.02 Å². The molecule has 0 aromatic heterocycles. The maximum atomic E-state index is 12.5. The van der Waals surface area contributed by atoms with Crippen LogP contribution in [0.5, 0.6) is 0 Å². The number of halogens is 1. The van der Waals surface area contributed by atoms with Gasteiger partial charge in [0.05, 0.1) is 6.54 Å². The molecular weight excluding hydrogens is 304 g/mol. The number of carboxylic acids is 1. The quantitative estimate of drug-likeness (QED) is 0.923. The number of hydrogen-bond acceptors (Lipinski definition) is 3. The first-order valence-corrected chi connectivity index (χ1v) is 7.82. The van der Waals surface area contributed by atoms with Crippen LogP contribution in [0, 0.1) is 0 Å². The Morgan fingerprint density at radius 1 is 1.36 bits per heavy atom. The van der Waals surface area contributed by atoms with Gasteiger partial charge in [0.1, 0.15) is 0 Å². The second-order valence-corrected chi connectivity index (χ2v) is 6.13. The topological polar surface area (TPSA) is 60.9 Å². The second kappa shape index (κ2) is 7.61. The summed E-state index contributed by atoms with van der Waals surface area (Å²) >= 11 is 5.94. The number of likely N-dealkylation sites (N-methyl/N-ethyl adjacent to an activating group) is 1. The van der Waals surface area contributed by atoms with E-state index in [2.05, 4.69) is 0 Å². The number of carbonyl (C=O) groups is 2. The first kappa shape index (κ1) is 16.8. The van der Waals surface area contributed by atoms with Crippen LogP contribution in [0.1, 0.15) is 29.6 Å². The number of likely N-dealkylation sites (tertiary alicyclic amines) is 1. The number of amides is 1. The van der Waals surface area contributed by atoms with Crippen LogP contribution in [0.15, 0.2) is 24.3 Å². The van der Waals surface area contributed by atoms with Gasteiger partial charge in [-0.1, -0.05) is 17.7 Å². The fraction of sp³-hybridized carbons (Fsp3) is 0.500. The summed E-state index contributed by atoms with van der Waals surface area (Å²) in [6.07, 6.45) is 2.57. The average Bonchev–Trinajstić information content (AvgIpc) is 2.71. The number of hydrogen-bond donors (Lipinski definition) is 1. The van der Waals surface area contributed by atoms with Gasteiger partial charge in [0.25, 0.3) is 5.91 Å². The molecule has 6 heteroatoms. The minimum Gasteiger partial charge on any atom is -0.480 e. The lowest BCUT2D eigenvalue weighted by atomic mass is 10.1. The van der Waals surface area contributed by atoms with Crippen LogP contribution in [-0.4, -0.2) is 59.5 Å². The van der Waals surface area contributed by atoms with E-state index in [1.165, 1.54) is 0 Å². The molecule has 0 saturated carbocycles. The highest BCUT2D eigenvalue weighted by Gasteiger charge is 2.24. The van der Waals surface area contributed by atoms with Crippen LogP contribution in [0.25, 0.3) is 0 Å². The van der Waals surface area contributed by atoms with Crippen molar-refractivity contribution in [3.63, 3.8) is 0 Å². The molecular formula is C16H21ClN2O3. The Morgan fingerprint density at radius 2 is 2.14 bits per heavy atom. The summed E-state index contributed by atoms with van der Waals surface area (Å²) in [5.74, 6) is -0.831. The molecule has 1 saturated heterocycles. The van der Waals surface area contributed by atoms with E-state index in [9.17, 15) is 9.59 Å². The lowest BCUT2D eigenvalue weighted by molar-refractivity contribution is -0.138. The molecule has 1 aliphatic heterocycles. The van der Waals surface area contributed by atoms with Crippen molar-refractivity contribution in [1.82, 2.24) is 9.80 Å². The van der Waals surface area contributed by atoms with Gasteiger partial charge in [0.15, 0.2) is 0 Å². The molecule has 1 amide bonds. The Balaban J connectivity index is 1.98. The fourth-order valence-electron chi connectivity index (χ4n) is 2.87. The van der Waals surface area contributed by atoms with Gasteiger partial charge >= 0.3 is 5.97 Å². The van der Waals surface area contributed by atoms with E-state index >= 15 is 0 Å². The first-order chi connectivity index (χ1) is 10.5. The maximum Gasteiger partial charge on any atom is 0.317 e. The van der Waals surface area contributed by atoms with Crippen LogP contribution in [0.3, 0.4) is 0 Å². The van der Waals surface area contributed by atoms with Gasteiger partial charge in [-0.25, -0.2) is 0 Å². The molecule has 1 aromatic carbocycles. The summed E-state index contributed by atoms with van der Waals surface area (Å²) < 4.78 is 0. The van der Waals surface area contributed by atoms with E-state index in [4.69, 9.17) is 16.7 Å². The van der Waals surface area contributed by atoms with E-state index in [0.717, 1.165) is 19.3 Å². The van der Waals surface area contributed by atoms with Gasteiger partial charge in [-0.05, 0) is 44.5 Å². The molecule has 2 rings (SSSR count). The van der Waals surface area contributed by atoms with Gasteiger partial charge in [-0.3, -0.25) is 14.5 Å². The first-order valence-electron chi connectivity index (χ1n) is 7.44. The van der Waals surface area contributed by atoms with Crippen molar-refractivity contribution in [2.75, 3.05) is 26.7 Å². The maximum absolute atomic E-state index is 12.5. The van der Waals surface area contributed by atoms with Crippen LogP contribution in [-0.2, 0) is 4.79 Å². The smallest absolute Gasteiger partial charge is 0.317 e. The largest absolute Gasteiger partial charge is 0.480 e. The Kier molecular flexibility index (Phi) is 5.80. The molecule has 1 atom stereocenters. The second-order valence-electron chi connectivity index (χ2n) is 5.70. The van der Waals surface area contributed by atoms with Crippen LogP contribution in [0.4, 0.5) is 0 Å². The summed E-state index contributed by atoms with van der Waals surface area (Å²) in [6.45, 7) is 1.37. The molecule has 120 valence electrons. The van der Waals surface area contributed by atoms with Crippen LogP contribution < -0.4 is 0 Å². The normalized spacial score (nSPS) is 19.0. The van der Waals surface area contributed by atoms with E-state index in [1.54, 1.807) is 24.3 Å². The molecule has 1 heterocycles. The minimum absolute atomic E-state index is 0.0102. The lowest BCUT2D eigenvalue weighted by Gasteiger charge is -2.25. The van der Waals surface area contributed by atoms with Crippen molar-refractivity contribution < 1.29 is 14.7 Å². The summed E-state index contributed by atoms with van der Waals surface area (Å²) in [5.41, 5.74) is 0.602. The van der Waals surface area contributed by atoms with Crippen molar-refractivity contribution in [2.45, 2.75) is 25.3 Å². The van der Waals surface area contributed by atoms with Gasteiger partial charge in [0.2, 0.25) is 0 Å². The van der Waals surface area contributed by atoms with Gasteiger partial charge in [-0.15, -0.1) is 0 Å². The molecule has 5 nitrogen and oxygen atoms in total. The Morgan fingerprint density at radius 3 is 2.82 bits per heavy atom.